The number of benzene rings is 1. The number of carbonyl (C=O) groups excluding carboxylic acids is 5. The molecule has 0 radical (unpaired) electrons. The van der Waals surface area contributed by atoms with E-state index in [0.717, 1.165) is 52.8 Å². The average Bonchev–Trinajstić information content (AvgIpc) is 3.49. The van der Waals surface area contributed by atoms with Gasteiger partial charge in [0.2, 0.25) is 5.91 Å². The smallest absolute Gasteiger partial charge is 0.341 e. The van der Waals surface area contributed by atoms with Crippen molar-refractivity contribution in [3.8, 4) is 0 Å². The highest BCUT2D eigenvalue weighted by atomic mass is 32.2. The lowest BCUT2D eigenvalue weighted by molar-refractivity contribution is -0.141. The van der Waals surface area contributed by atoms with Gasteiger partial charge in [0, 0.05) is 4.88 Å². The number of rotatable bonds is 11. The zero-order valence-corrected chi connectivity index (χ0v) is 26.8. The number of aromatic nitrogens is 1. The molecule has 0 saturated heterocycles. The van der Waals surface area contributed by atoms with Gasteiger partial charge in [-0.2, -0.15) is 4.99 Å². The van der Waals surface area contributed by atoms with Gasteiger partial charge in [-0.15, -0.1) is 23.1 Å². The Morgan fingerprint density at radius 2 is 1.81 bits per heavy atom. The molecular formula is C29H33N3O8S3. The van der Waals surface area contributed by atoms with Crippen molar-refractivity contribution < 1.29 is 38.2 Å². The minimum absolute atomic E-state index is 0.0278. The van der Waals surface area contributed by atoms with Crippen LogP contribution in [0.4, 0.5) is 5.00 Å². The third-order valence-electron chi connectivity index (χ3n) is 6.63. The van der Waals surface area contributed by atoms with E-state index >= 15 is 0 Å². The van der Waals surface area contributed by atoms with E-state index in [-0.39, 0.29) is 42.0 Å². The fourth-order valence-corrected chi connectivity index (χ4v) is 7.74. The summed E-state index contributed by atoms with van der Waals surface area (Å²) in [6, 6.07) is 4.87. The maximum atomic E-state index is 12.8. The largest absolute Gasteiger partial charge is 0.468 e. The molecule has 230 valence electrons. The number of anilines is 1. The first-order valence-electron chi connectivity index (χ1n) is 13.8. The van der Waals surface area contributed by atoms with Gasteiger partial charge in [0.05, 0.1) is 53.2 Å². The summed E-state index contributed by atoms with van der Waals surface area (Å²) < 4.78 is 17.3. The summed E-state index contributed by atoms with van der Waals surface area (Å²) in [7, 11) is 1.27. The van der Waals surface area contributed by atoms with E-state index in [1.165, 1.54) is 18.4 Å². The molecule has 1 aliphatic rings. The number of nitrogens with one attached hydrogen (secondary N) is 1. The number of esters is 3. The van der Waals surface area contributed by atoms with Crippen LogP contribution < -0.4 is 10.1 Å². The van der Waals surface area contributed by atoms with Crippen molar-refractivity contribution in [1.29, 1.82) is 0 Å². The Balaban J connectivity index is 1.46. The molecule has 1 aromatic carbocycles. The quantitative estimate of drug-likeness (QED) is 0.239. The molecule has 1 atom stereocenters. The Kier molecular flexibility index (Phi) is 11.2. The van der Waals surface area contributed by atoms with E-state index < -0.39 is 23.8 Å². The van der Waals surface area contributed by atoms with E-state index in [1.807, 2.05) is 0 Å². The van der Waals surface area contributed by atoms with E-state index in [4.69, 9.17) is 14.2 Å². The van der Waals surface area contributed by atoms with Crippen LogP contribution in [0.15, 0.2) is 23.2 Å². The third kappa shape index (κ3) is 7.92. The van der Waals surface area contributed by atoms with Crippen LogP contribution in [0.5, 0.6) is 0 Å². The van der Waals surface area contributed by atoms with Gasteiger partial charge in [-0.3, -0.25) is 14.4 Å². The molecule has 0 aliphatic heterocycles. The Bertz CT molecular complexity index is 1620. The maximum absolute atomic E-state index is 12.8. The predicted octanol–water partition coefficient (Wildman–Crippen LogP) is 4.21. The zero-order chi connectivity index (χ0) is 31.1. The molecule has 2 aromatic heterocycles. The highest BCUT2D eigenvalue weighted by Gasteiger charge is 2.29. The number of thiophene rings is 1. The minimum Gasteiger partial charge on any atom is -0.468 e. The molecule has 14 heteroatoms. The van der Waals surface area contributed by atoms with Crippen LogP contribution in [-0.2, 0) is 48.0 Å². The molecule has 43 heavy (non-hydrogen) atoms. The summed E-state index contributed by atoms with van der Waals surface area (Å²) in [5, 5.41) is 3.33. The van der Waals surface area contributed by atoms with Crippen molar-refractivity contribution in [3.05, 3.63) is 44.6 Å². The molecule has 0 bridgehead atoms. The second-order valence-corrected chi connectivity index (χ2v) is 12.9. The van der Waals surface area contributed by atoms with Crippen LogP contribution >= 0.6 is 34.4 Å². The molecule has 0 spiro atoms. The molecule has 4 rings (SSSR count). The first-order valence-corrected chi connectivity index (χ1v) is 16.6. The number of thiazole rings is 1. The molecule has 2 amide bonds. The molecule has 0 saturated carbocycles. The fourth-order valence-electron chi connectivity index (χ4n) is 4.64. The topological polar surface area (TPSA) is 142 Å². The third-order valence-corrected chi connectivity index (χ3v) is 9.76. The monoisotopic (exact) mass is 647 g/mol. The Hall–Kier alpha value is -3.49. The van der Waals surface area contributed by atoms with E-state index in [2.05, 4.69) is 17.2 Å². The van der Waals surface area contributed by atoms with Gasteiger partial charge in [0.1, 0.15) is 11.5 Å². The molecule has 11 nitrogen and oxygen atoms in total. The number of nitrogens with zero attached hydrogens (tertiary/aromatic N) is 2. The van der Waals surface area contributed by atoms with Crippen molar-refractivity contribution in [2.24, 2.45) is 10.9 Å². The van der Waals surface area contributed by atoms with Crippen molar-refractivity contribution in [1.82, 2.24) is 4.57 Å². The normalized spacial score (nSPS) is 14.7. The zero-order valence-electron chi connectivity index (χ0n) is 24.4. The number of ether oxygens (including phenoxy) is 3. The minimum atomic E-state index is -0.527. The SMILES string of the molecule is CCOC(=O)c1ccc2c(c1)sc(=NC(=O)CSCC(=O)Nc1sc3c(c1C(=O)OCC)CCC(C)C3)n2CC(=O)OC. The first kappa shape index (κ1) is 32.4. The van der Waals surface area contributed by atoms with Gasteiger partial charge in [0.25, 0.3) is 5.91 Å². The fraction of sp³-hybridized carbons (Fsp3) is 0.448. The van der Waals surface area contributed by atoms with Crippen LogP contribution in [0.2, 0.25) is 0 Å². The standard InChI is InChI=1S/C29H33N3O8S3/c1-5-39-27(36)17-8-10-19-21(12-17)43-29(32(19)13-24(35)38-4)31-23(34)15-41-14-22(33)30-26-25(28(37)40-6-2)18-9-7-16(3)11-20(18)42-26/h8,10,12,16H,5-7,9,11,13-15H2,1-4H3,(H,30,33). The number of methoxy groups -OCH3 is 1. The highest BCUT2D eigenvalue weighted by Crippen LogP contribution is 2.40. The number of thioether (sulfide) groups is 1. The number of hydrogen-bond acceptors (Lipinski definition) is 11. The van der Waals surface area contributed by atoms with E-state index in [9.17, 15) is 24.0 Å². The van der Waals surface area contributed by atoms with Gasteiger partial charge in [-0.25, -0.2) is 9.59 Å². The molecular weight excluding hydrogens is 615 g/mol. The number of carbonyl (C=O) groups is 5. The summed E-state index contributed by atoms with van der Waals surface area (Å²) in [4.78, 5) is 68.1. The molecule has 1 N–H and O–H groups in total. The van der Waals surface area contributed by atoms with Crippen LogP contribution in [0.25, 0.3) is 10.2 Å². The second-order valence-electron chi connectivity index (χ2n) is 9.77. The first-order chi connectivity index (χ1) is 20.6. The van der Waals surface area contributed by atoms with Crippen LogP contribution in [0.3, 0.4) is 0 Å². The van der Waals surface area contributed by atoms with Gasteiger partial charge in [-0.1, -0.05) is 18.3 Å². The summed E-state index contributed by atoms with van der Waals surface area (Å²) in [6.07, 6.45) is 2.58. The number of hydrogen-bond donors (Lipinski definition) is 1. The summed E-state index contributed by atoms with van der Waals surface area (Å²) in [5.41, 5.74) is 2.33. The predicted molar refractivity (Wildman–Crippen MR) is 166 cm³/mol. The van der Waals surface area contributed by atoms with Crippen molar-refractivity contribution in [2.45, 2.75) is 46.6 Å². The highest BCUT2D eigenvalue weighted by molar-refractivity contribution is 8.00. The molecule has 1 unspecified atom stereocenters. The van der Waals surface area contributed by atoms with Crippen molar-refractivity contribution in [3.63, 3.8) is 0 Å². The molecule has 3 aromatic rings. The molecule has 1 aliphatic carbocycles. The average molecular weight is 648 g/mol. The lowest BCUT2D eigenvalue weighted by atomic mass is 9.88. The second kappa shape index (κ2) is 14.8. The van der Waals surface area contributed by atoms with Crippen LogP contribution in [-0.4, -0.2) is 66.1 Å². The summed E-state index contributed by atoms with van der Waals surface area (Å²) in [5.74, 6) is -1.90. The number of amides is 2. The van der Waals surface area contributed by atoms with Gasteiger partial charge in [-0.05, 0) is 62.8 Å². The van der Waals surface area contributed by atoms with E-state index in [0.29, 0.717) is 32.3 Å². The lowest BCUT2D eigenvalue weighted by Crippen LogP contribution is -2.23. The molecule has 2 heterocycles. The van der Waals surface area contributed by atoms with Gasteiger partial charge >= 0.3 is 17.9 Å². The maximum Gasteiger partial charge on any atom is 0.341 e. The van der Waals surface area contributed by atoms with Crippen molar-refractivity contribution in [2.75, 3.05) is 37.1 Å². The lowest BCUT2D eigenvalue weighted by Gasteiger charge is -2.18. The van der Waals surface area contributed by atoms with Gasteiger partial charge < -0.3 is 24.1 Å². The Morgan fingerprint density at radius 1 is 1.07 bits per heavy atom. The van der Waals surface area contributed by atoms with E-state index in [1.54, 1.807) is 36.6 Å². The van der Waals surface area contributed by atoms with Crippen LogP contribution in [0.1, 0.15) is 58.3 Å². The summed E-state index contributed by atoms with van der Waals surface area (Å²) in [6.45, 7) is 5.91. The Morgan fingerprint density at radius 3 is 2.53 bits per heavy atom. The Labute approximate surface area is 260 Å². The molecule has 0 fully saturated rings. The van der Waals surface area contributed by atoms with Crippen molar-refractivity contribution >= 4 is 79.4 Å². The van der Waals surface area contributed by atoms with Gasteiger partial charge in [0.15, 0.2) is 4.80 Å². The summed E-state index contributed by atoms with van der Waals surface area (Å²) >= 11 is 3.64. The number of fused-ring (bicyclic) bond motifs is 2. The van der Waals surface area contributed by atoms with Crippen LogP contribution in [0, 0.1) is 5.92 Å².